The van der Waals surface area contributed by atoms with Gasteiger partial charge in [-0.25, -0.2) is 0 Å². The molecule has 1 aliphatic carbocycles. The van der Waals surface area contributed by atoms with Gasteiger partial charge in [-0.1, -0.05) is 19.3 Å². The quantitative estimate of drug-likeness (QED) is 0.583. The number of rotatable bonds is 4. The minimum absolute atomic E-state index is 0.122. The van der Waals surface area contributed by atoms with Crippen LogP contribution in [0.2, 0.25) is 0 Å². The third-order valence-electron chi connectivity index (χ3n) is 3.98. The van der Waals surface area contributed by atoms with Gasteiger partial charge in [0.2, 0.25) is 0 Å². The fourth-order valence-electron chi connectivity index (χ4n) is 2.75. The Labute approximate surface area is 122 Å². The summed E-state index contributed by atoms with van der Waals surface area (Å²) in [7, 11) is 0. The average molecular weight is 292 g/mol. The molecule has 0 saturated heterocycles. The summed E-state index contributed by atoms with van der Waals surface area (Å²) in [4.78, 5) is 37.5. The molecule has 0 aliphatic heterocycles. The van der Waals surface area contributed by atoms with Gasteiger partial charge < -0.3 is 15.4 Å². The van der Waals surface area contributed by atoms with Gasteiger partial charge in [0, 0.05) is 17.8 Å². The van der Waals surface area contributed by atoms with E-state index in [4.69, 9.17) is 0 Å². The molecular formula is C15H20N2O4. The van der Waals surface area contributed by atoms with Gasteiger partial charge >= 0.3 is 5.97 Å². The molecule has 3 N–H and O–H groups in total. The molecule has 0 spiro atoms. The van der Waals surface area contributed by atoms with Crippen LogP contribution in [0.1, 0.15) is 59.9 Å². The summed E-state index contributed by atoms with van der Waals surface area (Å²) in [5.41, 5.74) is 0.726. The lowest BCUT2D eigenvalue weighted by Crippen LogP contribution is -2.42. The molecule has 1 amide bonds. The second kappa shape index (κ2) is 6.56. The molecule has 2 atom stereocenters. The van der Waals surface area contributed by atoms with Crippen LogP contribution in [0.3, 0.4) is 0 Å². The number of Topliss-reactive ketones (excluding diaryl/α,β-unsaturated/α-hetero) is 1. The molecule has 1 aliphatic rings. The molecule has 2 unspecified atom stereocenters. The molecule has 1 fully saturated rings. The molecule has 2 rings (SSSR count). The molecule has 114 valence electrons. The second-order valence-electron chi connectivity index (χ2n) is 5.52. The fourth-order valence-corrected chi connectivity index (χ4v) is 2.75. The van der Waals surface area contributed by atoms with E-state index in [1.54, 1.807) is 0 Å². The van der Waals surface area contributed by atoms with Crippen molar-refractivity contribution in [3.63, 3.8) is 0 Å². The van der Waals surface area contributed by atoms with Crippen LogP contribution in [-0.2, 0) is 4.79 Å². The lowest BCUT2D eigenvalue weighted by molar-refractivity contribution is -0.142. The predicted molar refractivity (Wildman–Crippen MR) is 76.3 cm³/mol. The molecule has 1 aromatic heterocycles. The summed E-state index contributed by atoms with van der Waals surface area (Å²) in [5.74, 6) is -1.89. The molecule has 1 heterocycles. The SMILES string of the molecule is CC(=O)c1c[nH]c(C(=O)NC2CCCCCC2C(=O)O)c1. The first-order valence-corrected chi connectivity index (χ1v) is 7.22. The van der Waals surface area contributed by atoms with Crippen molar-refractivity contribution in [1.82, 2.24) is 10.3 Å². The van der Waals surface area contributed by atoms with Crippen LogP contribution in [0.4, 0.5) is 0 Å². The smallest absolute Gasteiger partial charge is 0.308 e. The number of nitrogens with one attached hydrogen (secondary N) is 2. The maximum absolute atomic E-state index is 12.2. The van der Waals surface area contributed by atoms with E-state index in [9.17, 15) is 19.5 Å². The van der Waals surface area contributed by atoms with Gasteiger partial charge in [-0.15, -0.1) is 0 Å². The van der Waals surface area contributed by atoms with Crippen molar-refractivity contribution >= 4 is 17.7 Å². The van der Waals surface area contributed by atoms with E-state index >= 15 is 0 Å². The molecule has 0 aromatic carbocycles. The summed E-state index contributed by atoms with van der Waals surface area (Å²) < 4.78 is 0. The average Bonchev–Trinajstić information content (AvgIpc) is 2.81. The van der Waals surface area contributed by atoms with Crippen LogP contribution in [0.15, 0.2) is 12.3 Å². The van der Waals surface area contributed by atoms with Gasteiger partial charge in [-0.05, 0) is 25.8 Å². The molecular weight excluding hydrogens is 272 g/mol. The van der Waals surface area contributed by atoms with Gasteiger partial charge in [-0.2, -0.15) is 0 Å². The Morgan fingerprint density at radius 1 is 1.24 bits per heavy atom. The highest BCUT2D eigenvalue weighted by Crippen LogP contribution is 2.24. The number of aromatic nitrogens is 1. The van der Waals surface area contributed by atoms with Crippen molar-refractivity contribution in [2.75, 3.05) is 0 Å². The minimum Gasteiger partial charge on any atom is -0.481 e. The number of carbonyl (C=O) groups is 3. The molecule has 0 bridgehead atoms. The Balaban J connectivity index is 2.08. The van der Waals surface area contributed by atoms with E-state index in [-0.39, 0.29) is 23.4 Å². The zero-order valence-corrected chi connectivity index (χ0v) is 12.0. The number of carboxylic acid groups (broad SMARTS) is 1. The van der Waals surface area contributed by atoms with E-state index in [0.717, 1.165) is 19.3 Å². The zero-order chi connectivity index (χ0) is 15.4. The number of aliphatic carboxylic acids is 1. The Morgan fingerprint density at radius 2 is 1.95 bits per heavy atom. The number of hydrogen-bond acceptors (Lipinski definition) is 3. The number of carbonyl (C=O) groups excluding carboxylic acids is 2. The molecule has 6 nitrogen and oxygen atoms in total. The Kier molecular flexibility index (Phi) is 4.77. The summed E-state index contributed by atoms with van der Waals surface area (Å²) in [6, 6.07) is 1.13. The van der Waals surface area contributed by atoms with Crippen molar-refractivity contribution < 1.29 is 19.5 Å². The lowest BCUT2D eigenvalue weighted by atomic mass is 9.95. The number of aromatic amines is 1. The highest BCUT2D eigenvalue weighted by Gasteiger charge is 2.31. The van der Waals surface area contributed by atoms with E-state index in [0.29, 0.717) is 18.4 Å². The molecule has 0 radical (unpaired) electrons. The Morgan fingerprint density at radius 3 is 2.57 bits per heavy atom. The van der Waals surface area contributed by atoms with Crippen molar-refractivity contribution in [2.24, 2.45) is 5.92 Å². The first-order chi connectivity index (χ1) is 9.99. The third-order valence-corrected chi connectivity index (χ3v) is 3.98. The number of H-pyrrole nitrogens is 1. The zero-order valence-electron chi connectivity index (χ0n) is 12.0. The number of hydrogen-bond donors (Lipinski definition) is 3. The Hall–Kier alpha value is -2.11. The standard InChI is InChI=1S/C15H20N2O4/c1-9(18)10-7-13(16-8-10)14(19)17-12-6-4-2-3-5-11(12)15(20)21/h7-8,11-12,16H,2-6H2,1H3,(H,17,19)(H,20,21). The summed E-state index contributed by atoms with van der Waals surface area (Å²) in [6.07, 6.45) is 5.53. The van der Waals surface area contributed by atoms with E-state index in [2.05, 4.69) is 10.3 Å². The second-order valence-corrected chi connectivity index (χ2v) is 5.52. The molecule has 21 heavy (non-hydrogen) atoms. The number of amides is 1. The van der Waals surface area contributed by atoms with Crippen LogP contribution >= 0.6 is 0 Å². The van der Waals surface area contributed by atoms with Gasteiger partial charge in [0.25, 0.3) is 5.91 Å². The molecule has 1 saturated carbocycles. The topological polar surface area (TPSA) is 99.3 Å². The first-order valence-electron chi connectivity index (χ1n) is 7.22. The summed E-state index contributed by atoms with van der Waals surface area (Å²) >= 11 is 0. The number of ketones is 1. The van der Waals surface area contributed by atoms with Crippen molar-refractivity contribution in [2.45, 2.75) is 45.1 Å². The fraction of sp³-hybridized carbons (Fsp3) is 0.533. The van der Waals surface area contributed by atoms with Gasteiger partial charge in [-0.3, -0.25) is 14.4 Å². The number of carboxylic acids is 1. The van der Waals surface area contributed by atoms with E-state index < -0.39 is 11.9 Å². The highest BCUT2D eigenvalue weighted by atomic mass is 16.4. The first kappa shape index (κ1) is 15.3. The van der Waals surface area contributed by atoms with Crippen molar-refractivity contribution in [3.8, 4) is 0 Å². The highest BCUT2D eigenvalue weighted by molar-refractivity contribution is 5.99. The van der Waals surface area contributed by atoms with Gasteiger partial charge in [0.15, 0.2) is 5.78 Å². The summed E-state index contributed by atoms with van der Waals surface area (Å²) in [6.45, 7) is 1.43. The van der Waals surface area contributed by atoms with Gasteiger partial charge in [0.1, 0.15) is 5.69 Å². The monoisotopic (exact) mass is 292 g/mol. The lowest BCUT2D eigenvalue weighted by Gasteiger charge is -2.22. The van der Waals surface area contributed by atoms with Crippen LogP contribution in [-0.4, -0.2) is 33.8 Å². The normalized spacial score (nSPS) is 22.3. The molecule has 6 heteroatoms. The Bertz CT molecular complexity index is 550. The van der Waals surface area contributed by atoms with E-state index in [1.807, 2.05) is 0 Å². The van der Waals surface area contributed by atoms with Crippen molar-refractivity contribution in [3.05, 3.63) is 23.5 Å². The van der Waals surface area contributed by atoms with E-state index in [1.165, 1.54) is 19.2 Å². The van der Waals surface area contributed by atoms with Crippen LogP contribution in [0.5, 0.6) is 0 Å². The molecule has 1 aromatic rings. The van der Waals surface area contributed by atoms with Crippen LogP contribution in [0.25, 0.3) is 0 Å². The maximum Gasteiger partial charge on any atom is 0.308 e. The third kappa shape index (κ3) is 3.71. The minimum atomic E-state index is -0.863. The van der Waals surface area contributed by atoms with Gasteiger partial charge in [0.05, 0.1) is 5.92 Å². The summed E-state index contributed by atoms with van der Waals surface area (Å²) in [5, 5.41) is 12.1. The predicted octanol–water partition coefficient (Wildman–Crippen LogP) is 1.98. The van der Waals surface area contributed by atoms with Crippen LogP contribution < -0.4 is 5.32 Å². The van der Waals surface area contributed by atoms with Crippen LogP contribution in [0, 0.1) is 5.92 Å². The maximum atomic E-state index is 12.2. The largest absolute Gasteiger partial charge is 0.481 e. The van der Waals surface area contributed by atoms with Crippen molar-refractivity contribution in [1.29, 1.82) is 0 Å².